The van der Waals surface area contributed by atoms with E-state index in [1.165, 1.54) is 18.9 Å². The predicted octanol–water partition coefficient (Wildman–Crippen LogP) is 3.29. The average molecular weight is 237 g/mol. The van der Waals surface area contributed by atoms with Gasteiger partial charge in [0.1, 0.15) is 11.6 Å². The highest BCUT2D eigenvalue weighted by Gasteiger charge is 2.24. The molecule has 17 heavy (non-hydrogen) atoms. The molecule has 1 heterocycles. The maximum absolute atomic E-state index is 13.3. The molecule has 2 unspecified atom stereocenters. The third kappa shape index (κ3) is 2.78. The summed E-state index contributed by atoms with van der Waals surface area (Å²) in [6.45, 7) is 3.22. The fourth-order valence-electron chi connectivity index (χ4n) is 2.58. The number of hydrogen-bond acceptors (Lipinski definition) is 2. The molecule has 0 amide bonds. The lowest BCUT2D eigenvalue weighted by Gasteiger charge is -2.30. The first-order valence-electron chi connectivity index (χ1n) is 6.31. The fourth-order valence-corrected chi connectivity index (χ4v) is 2.58. The van der Waals surface area contributed by atoms with E-state index in [0.717, 1.165) is 30.2 Å². The van der Waals surface area contributed by atoms with Crippen LogP contribution in [0.15, 0.2) is 18.2 Å². The summed E-state index contributed by atoms with van der Waals surface area (Å²) in [6, 6.07) is 4.97. The van der Waals surface area contributed by atoms with Gasteiger partial charge in [0.05, 0.1) is 7.11 Å². The summed E-state index contributed by atoms with van der Waals surface area (Å²) in [5, 5.41) is 3.45. The maximum atomic E-state index is 13.3. The van der Waals surface area contributed by atoms with Crippen molar-refractivity contribution in [2.24, 2.45) is 5.92 Å². The Kier molecular flexibility index (Phi) is 4.00. The van der Waals surface area contributed by atoms with Gasteiger partial charge in [-0.3, -0.25) is 0 Å². The highest BCUT2D eigenvalue weighted by Crippen LogP contribution is 2.34. The molecule has 0 saturated carbocycles. The molecule has 0 aromatic heterocycles. The molecule has 94 valence electrons. The molecule has 1 aliphatic rings. The van der Waals surface area contributed by atoms with Crippen molar-refractivity contribution < 1.29 is 9.13 Å². The second-order valence-electron chi connectivity index (χ2n) is 4.69. The fraction of sp³-hybridized carbons (Fsp3) is 0.571. The molecule has 0 aliphatic carbocycles. The van der Waals surface area contributed by atoms with E-state index in [4.69, 9.17) is 4.74 Å². The number of piperidine rings is 1. The average Bonchev–Trinajstić information content (AvgIpc) is 2.39. The van der Waals surface area contributed by atoms with Gasteiger partial charge in [0.2, 0.25) is 0 Å². The van der Waals surface area contributed by atoms with Crippen molar-refractivity contribution in [1.29, 1.82) is 0 Å². The summed E-state index contributed by atoms with van der Waals surface area (Å²) in [5.41, 5.74) is 0.950. The van der Waals surface area contributed by atoms with Gasteiger partial charge in [0.15, 0.2) is 0 Å². The number of benzene rings is 1. The van der Waals surface area contributed by atoms with Crippen molar-refractivity contribution in [3.63, 3.8) is 0 Å². The molecule has 2 rings (SSSR count). The zero-order valence-corrected chi connectivity index (χ0v) is 10.5. The smallest absolute Gasteiger partial charge is 0.123 e. The first kappa shape index (κ1) is 12.4. The summed E-state index contributed by atoms with van der Waals surface area (Å²) in [7, 11) is 1.64. The Labute approximate surface area is 102 Å². The van der Waals surface area contributed by atoms with Gasteiger partial charge >= 0.3 is 0 Å². The van der Waals surface area contributed by atoms with Crippen LogP contribution in [-0.2, 0) is 0 Å². The summed E-state index contributed by atoms with van der Waals surface area (Å²) < 4.78 is 18.6. The molecule has 1 saturated heterocycles. The van der Waals surface area contributed by atoms with E-state index in [9.17, 15) is 4.39 Å². The van der Waals surface area contributed by atoms with Crippen molar-refractivity contribution in [2.45, 2.75) is 32.2 Å². The third-order valence-corrected chi connectivity index (χ3v) is 3.66. The van der Waals surface area contributed by atoms with Crippen LogP contribution in [0.1, 0.15) is 37.8 Å². The molecule has 1 aromatic carbocycles. The lowest BCUT2D eigenvalue weighted by atomic mass is 9.87. The van der Waals surface area contributed by atoms with Gasteiger partial charge in [0.25, 0.3) is 0 Å². The molecule has 3 heteroatoms. The minimum Gasteiger partial charge on any atom is -0.496 e. The van der Waals surface area contributed by atoms with E-state index in [2.05, 4.69) is 12.2 Å². The van der Waals surface area contributed by atoms with Gasteiger partial charge in [-0.05, 0) is 43.5 Å². The number of halogens is 1. The van der Waals surface area contributed by atoms with E-state index in [0.29, 0.717) is 0 Å². The molecular weight excluding hydrogens is 217 g/mol. The van der Waals surface area contributed by atoms with Gasteiger partial charge in [-0.2, -0.15) is 0 Å². The summed E-state index contributed by atoms with van der Waals surface area (Å²) in [5.74, 6) is 1.32. The minimum absolute atomic E-state index is 0.193. The number of rotatable bonds is 3. The third-order valence-electron chi connectivity index (χ3n) is 3.66. The highest BCUT2D eigenvalue weighted by atomic mass is 19.1. The standard InChI is InChI=1S/C14H20FNO/c1-3-10-6-7-16-13(8-10)12-9-11(15)4-5-14(12)17-2/h4-5,9-10,13,16H,3,6-8H2,1-2H3. The largest absolute Gasteiger partial charge is 0.496 e. The molecular formula is C14H20FNO. The lowest BCUT2D eigenvalue weighted by molar-refractivity contribution is 0.291. The quantitative estimate of drug-likeness (QED) is 0.871. The molecule has 1 fully saturated rings. The molecule has 0 radical (unpaired) electrons. The zero-order chi connectivity index (χ0) is 12.3. The Balaban J connectivity index is 2.22. The first-order chi connectivity index (χ1) is 8.24. The SMILES string of the molecule is CCC1CCNC(c2cc(F)ccc2OC)C1. The van der Waals surface area contributed by atoms with Crippen LogP contribution >= 0.6 is 0 Å². The van der Waals surface area contributed by atoms with E-state index in [1.54, 1.807) is 19.2 Å². The first-order valence-corrected chi connectivity index (χ1v) is 6.31. The second kappa shape index (κ2) is 5.50. The Morgan fingerprint density at radius 2 is 2.29 bits per heavy atom. The van der Waals surface area contributed by atoms with E-state index < -0.39 is 0 Å². The molecule has 1 N–H and O–H groups in total. The van der Waals surface area contributed by atoms with Crippen LogP contribution in [-0.4, -0.2) is 13.7 Å². The molecule has 1 aromatic rings. The van der Waals surface area contributed by atoms with Crippen molar-refractivity contribution in [2.75, 3.05) is 13.7 Å². The van der Waals surface area contributed by atoms with E-state index in [1.807, 2.05) is 0 Å². The van der Waals surface area contributed by atoms with Gasteiger partial charge in [-0.25, -0.2) is 4.39 Å². The number of nitrogens with one attached hydrogen (secondary N) is 1. The molecule has 0 bridgehead atoms. The lowest BCUT2D eigenvalue weighted by Crippen LogP contribution is -2.31. The topological polar surface area (TPSA) is 21.3 Å². The van der Waals surface area contributed by atoms with E-state index in [-0.39, 0.29) is 11.9 Å². The number of hydrogen-bond donors (Lipinski definition) is 1. The normalized spacial score (nSPS) is 24.6. The molecule has 1 aliphatic heterocycles. The Morgan fingerprint density at radius 3 is 3.00 bits per heavy atom. The molecule has 2 nitrogen and oxygen atoms in total. The van der Waals surface area contributed by atoms with Crippen LogP contribution in [0.5, 0.6) is 5.75 Å². The van der Waals surface area contributed by atoms with Crippen molar-refractivity contribution in [3.8, 4) is 5.75 Å². The number of methoxy groups -OCH3 is 1. The molecule has 0 spiro atoms. The van der Waals surface area contributed by atoms with Crippen molar-refractivity contribution in [1.82, 2.24) is 5.32 Å². The Hall–Kier alpha value is -1.09. The van der Waals surface area contributed by atoms with Crippen LogP contribution in [0.2, 0.25) is 0 Å². The van der Waals surface area contributed by atoms with Gasteiger partial charge in [-0.15, -0.1) is 0 Å². The van der Waals surface area contributed by atoms with Crippen LogP contribution in [0.3, 0.4) is 0 Å². The number of ether oxygens (including phenoxy) is 1. The van der Waals surface area contributed by atoms with Gasteiger partial charge in [-0.1, -0.05) is 13.3 Å². The maximum Gasteiger partial charge on any atom is 0.123 e. The van der Waals surface area contributed by atoms with Crippen LogP contribution < -0.4 is 10.1 Å². The van der Waals surface area contributed by atoms with E-state index >= 15 is 0 Å². The van der Waals surface area contributed by atoms with Crippen LogP contribution in [0.4, 0.5) is 4.39 Å². The zero-order valence-electron chi connectivity index (χ0n) is 10.5. The van der Waals surface area contributed by atoms with Gasteiger partial charge < -0.3 is 10.1 Å². The summed E-state index contributed by atoms with van der Waals surface area (Å²) >= 11 is 0. The predicted molar refractivity (Wildman–Crippen MR) is 66.7 cm³/mol. The van der Waals surface area contributed by atoms with Crippen molar-refractivity contribution in [3.05, 3.63) is 29.6 Å². The Morgan fingerprint density at radius 1 is 1.47 bits per heavy atom. The Bertz CT molecular complexity index is 380. The summed E-state index contributed by atoms with van der Waals surface area (Å²) in [4.78, 5) is 0. The highest BCUT2D eigenvalue weighted by molar-refractivity contribution is 5.36. The van der Waals surface area contributed by atoms with Crippen LogP contribution in [0.25, 0.3) is 0 Å². The monoisotopic (exact) mass is 237 g/mol. The van der Waals surface area contributed by atoms with Crippen molar-refractivity contribution >= 4 is 0 Å². The minimum atomic E-state index is -0.193. The molecule has 2 atom stereocenters. The van der Waals surface area contributed by atoms with Crippen LogP contribution in [0, 0.1) is 11.7 Å². The second-order valence-corrected chi connectivity index (χ2v) is 4.69. The van der Waals surface area contributed by atoms with Gasteiger partial charge in [0, 0.05) is 11.6 Å². The summed E-state index contributed by atoms with van der Waals surface area (Å²) in [6.07, 6.45) is 3.47.